The lowest BCUT2D eigenvalue weighted by atomic mass is 10.4. The summed E-state index contributed by atoms with van der Waals surface area (Å²) >= 11 is 0. The molecule has 0 radical (unpaired) electrons. The second-order valence-electron chi connectivity index (χ2n) is 1.16. The Morgan fingerprint density at radius 3 is 2.43 bits per heavy atom. The molecule has 0 unspecified atom stereocenters. The molecular formula is C3H8N4. The molecule has 0 amide bonds. The topological polar surface area (TPSA) is 86.1 Å². The molecule has 0 heterocycles. The van der Waals surface area contributed by atoms with Gasteiger partial charge in [-0.1, -0.05) is 0 Å². The van der Waals surface area contributed by atoms with E-state index in [4.69, 9.17) is 16.7 Å². The first kappa shape index (κ1) is 6.07. The van der Waals surface area contributed by atoms with Crippen LogP contribution in [0, 0.1) is 10.9 Å². The van der Waals surface area contributed by atoms with Crippen molar-refractivity contribution in [3.63, 3.8) is 0 Å². The molecule has 0 aromatic rings. The molecule has 4 N–H and O–H groups in total. The van der Waals surface area contributed by atoms with Gasteiger partial charge in [0.25, 0.3) is 0 Å². The minimum Gasteiger partial charge on any atom is -0.388 e. The maximum absolute atomic E-state index is 6.63. The molecule has 0 saturated heterocycles. The van der Waals surface area contributed by atoms with Gasteiger partial charge in [0.15, 0.2) is 0 Å². The van der Waals surface area contributed by atoms with Crippen LogP contribution in [0.2, 0.25) is 0 Å². The molecule has 0 aliphatic carbocycles. The van der Waals surface area contributed by atoms with Crippen molar-refractivity contribution in [3.05, 3.63) is 0 Å². The fourth-order valence-corrected chi connectivity index (χ4v) is 0.176. The van der Waals surface area contributed by atoms with Crippen molar-refractivity contribution in [3.8, 4) is 0 Å². The summed E-state index contributed by atoms with van der Waals surface area (Å²) in [5.74, 6) is 0.0935. The Hall–Kier alpha value is -0.930. The first-order valence-corrected chi connectivity index (χ1v) is 1.93. The third-order valence-corrected chi connectivity index (χ3v) is 0.493. The normalized spacial score (nSPS) is 8.00. The standard InChI is InChI=1S/C3H8N4/c4-3(5)1-2-7-6/h6H,1-2H2,(H3,4,5). The van der Waals surface area contributed by atoms with Crippen LogP contribution in [0.15, 0.2) is 5.11 Å². The smallest absolute Gasteiger partial charge is 0.0924 e. The van der Waals surface area contributed by atoms with E-state index >= 15 is 0 Å². The fraction of sp³-hybridized carbons (Fsp3) is 0.667. The third-order valence-electron chi connectivity index (χ3n) is 0.493. The Kier molecular flexibility index (Phi) is 2.83. The molecule has 0 saturated carbocycles. The van der Waals surface area contributed by atoms with Gasteiger partial charge in [0.2, 0.25) is 0 Å². The van der Waals surface area contributed by atoms with E-state index in [0.717, 1.165) is 0 Å². The number of amidine groups is 1. The molecule has 7 heavy (non-hydrogen) atoms. The predicted molar refractivity (Wildman–Crippen MR) is 26.5 cm³/mol. The first-order valence-electron chi connectivity index (χ1n) is 1.93. The molecule has 0 bridgehead atoms. The van der Waals surface area contributed by atoms with Gasteiger partial charge in [-0.2, -0.15) is 5.11 Å². The van der Waals surface area contributed by atoms with Gasteiger partial charge in [-0.05, 0) is 0 Å². The van der Waals surface area contributed by atoms with Crippen molar-refractivity contribution in [2.24, 2.45) is 10.8 Å². The van der Waals surface area contributed by atoms with Crippen LogP contribution in [0.1, 0.15) is 6.42 Å². The third kappa shape index (κ3) is 5.07. The summed E-state index contributed by atoms with van der Waals surface area (Å²) in [6.45, 7) is 0.343. The first-order chi connectivity index (χ1) is 3.27. The highest BCUT2D eigenvalue weighted by atomic mass is 14.9. The van der Waals surface area contributed by atoms with Gasteiger partial charge >= 0.3 is 0 Å². The van der Waals surface area contributed by atoms with E-state index in [-0.39, 0.29) is 5.84 Å². The molecule has 0 aromatic heterocycles. The number of hydrogen-bond acceptors (Lipinski definition) is 3. The Labute approximate surface area is 41.7 Å². The lowest BCUT2D eigenvalue weighted by molar-refractivity contribution is 0.898. The van der Waals surface area contributed by atoms with Crippen LogP contribution >= 0.6 is 0 Å². The van der Waals surface area contributed by atoms with Gasteiger partial charge in [-0.25, -0.2) is 5.53 Å². The monoisotopic (exact) mass is 100 g/mol. The number of rotatable bonds is 3. The summed E-state index contributed by atoms with van der Waals surface area (Å²) in [5.41, 5.74) is 11.2. The van der Waals surface area contributed by atoms with E-state index in [0.29, 0.717) is 13.0 Å². The van der Waals surface area contributed by atoms with Gasteiger partial charge in [0.05, 0.1) is 12.4 Å². The van der Waals surface area contributed by atoms with Crippen molar-refractivity contribution in [2.75, 3.05) is 6.54 Å². The van der Waals surface area contributed by atoms with Gasteiger partial charge in [-0.3, -0.25) is 5.41 Å². The minimum atomic E-state index is 0.0935. The molecule has 0 fully saturated rings. The number of nitrogens with zero attached hydrogens (tertiary/aromatic N) is 1. The van der Waals surface area contributed by atoms with Crippen molar-refractivity contribution in [1.82, 2.24) is 0 Å². The second kappa shape index (κ2) is 3.27. The van der Waals surface area contributed by atoms with Crippen molar-refractivity contribution >= 4 is 5.84 Å². The van der Waals surface area contributed by atoms with Crippen LogP contribution in [0.3, 0.4) is 0 Å². The van der Waals surface area contributed by atoms with E-state index in [1.165, 1.54) is 0 Å². The van der Waals surface area contributed by atoms with Crippen LogP contribution in [0.4, 0.5) is 0 Å². The lowest BCUT2D eigenvalue weighted by Gasteiger charge is -1.86. The van der Waals surface area contributed by atoms with Gasteiger partial charge < -0.3 is 5.73 Å². The quantitative estimate of drug-likeness (QED) is 0.266. The second-order valence-corrected chi connectivity index (χ2v) is 1.16. The Morgan fingerprint density at radius 2 is 2.29 bits per heavy atom. The van der Waals surface area contributed by atoms with Crippen LogP contribution in [0.5, 0.6) is 0 Å². The average molecular weight is 100 g/mol. The number of hydrogen-bond donors (Lipinski definition) is 3. The Bertz CT molecular complexity index is 77.0. The average Bonchev–Trinajstić information content (AvgIpc) is 1.61. The van der Waals surface area contributed by atoms with Crippen LogP contribution in [-0.4, -0.2) is 12.4 Å². The molecule has 0 aliphatic heterocycles. The molecule has 0 atom stereocenters. The van der Waals surface area contributed by atoms with Gasteiger partial charge in [-0.15, -0.1) is 0 Å². The summed E-state index contributed by atoms with van der Waals surface area (Å²) in [5, 5.41) is 9.64. The summed E-state index contributed by atoms with van der Waals surface area (Å²) in [7, 11) is 0. The Morgan fingerprint density at radius 1 is 1.71 bits per heavy atom. The van der Waals surface area contributed by atoms with Crippen molar-refractivity contribution in [2.45, 2.75) is 6.42 Å². The summed E-state index contributed by atoms with van der Waals surface area (Å²) < 4.78 is 0. The van der Waals surface area contributed by atoms with E-state index in [2.05, 4.69) is 5.11 Å². The van der Waals surface area contributed by atoms with E-state index in [1.54, 1.807) is 0 Å². The highest BCUT2D eigenvalue weighted by Crippen LogP contribution is 1.75. The highest BCUT2D eigenvalue weighted by Gasteiger charge is 1.83. The molecule has 4 nitrogen and oxygen atoms in total. The highest BCUT2D eigenvalue weighted by molar-refractivity contribution is 5.76. The molecule has 0 rings (SSSR count). The van der Waals surface area contributed by atoms with E-state index < -0.39 is 0 Å². The van der Waals surface area contributed by atoms with Gasteiger partial charge in [0, 0.05) is 6.42 Å². The van der Waals surface area contributed by atoms with Crippen molar-refractivity contribution < 1.29 is 0 Å². The molecule has 0 aromatic carbocycles. The minimum absolute atomic E-state index is 0.0935. The van der Waals surface area contributed by atoms with E-state index in [9.17, 15) is 0 Å². The molecule has 4 heteroatoms. The zero-order valence-corrected chi connectivity index (χ0v) is 3.94. The zero-order valence-electron chi connectivity index (χ0n) is 3.94. The summed E-state index contributed by atoms with van der Waals surface area (Å²) in [6, 6.07) is 0. The molecule has 0 spiro atoms. The maximum Gasteiger partial charge on any atom is 0.0924 e. The molecule has 0 aliphatic rings. The lowest BCUT2D eigenvalue weighted by Crippen LogP contribution is -2.09. The van der Waals surface area contributed by atoms with Crippen LogP contribution in [-0.2, 0) is 0 Å². The van der Waals surface area contributed by atoms with E-state index in [1.807, 2.05) is 0 Å². The van der Waals surface area contributed by atoms with Crippen LogP contribution in [0.25, 0.3) is 0 Å². The zero-order chi connectivity index (χ0) is 5.70. The predicted octanol–water partition coefficient (Wildman–Crippen LogP) is 0.343. The van der Waals surface area contributed by atoms with Gasteiger partial charge in [0.1, 0.15) is 0 Å². The largest absolute Gasteiger partial charge is 0.388 e. The van der Waals surface area contributed by atoms with Crippen molar-refractivity contribution in [1.29, 1.82) is 10.9 Å². The number of nitrogens with two attached hydrogens (primary N) is 1. The molecular weight excluding hydrogens is 92.1 g/mol. The van der Waals surface area contributed by atoms with Crippen LogP contribution < -0.4 is 5.73 Å². The Balaban J connectivity index is 2.97. The number of nitrogens with one attached hydrogen (secondary N) is 2. The summed E-state index contributed by atoms with van der Waals surface area (Å²) in [4.78, 5) is 0. The SMILES string of the molecule is N=NCCC(=N)N. The summed E-state index contributed by atoms with van der Waals surface area (Å²) in [6.07, 6.45) is 0.406. The maximum atomic E-state index is 6.63. The fourth-order valence-electron chi connectivity index (χ4n) is 0.176. The molecule has 40 valence electrons.